The van der Waals surface area contributed by atoms with E-state index in [4.69, 9.17) is 9.47 Å². The first-order valence-electron chi connectivity index (χ1n) is 5.87. The highest BCUT2D eigenvalue weighted by Crippen LogP contribution is 2.29. The second kappa shape index (κ2) is 6.02. The number of ether oxygens (including phenoxy) is 2. The van der Waals surface area contributed by atoms with Crippen molar-refractivity contribution in [1.29, 1.82) is 0 Å². The lowest BCUT2D eigenvalue weighted by Gasteiger charge is -2.26. The lowest BCUT2D eigenvalue weighted by molar-refractivity contribution is -0.384. The van der Waals surface area contributed by atoms with E-state index in [9.17, 15) is 10.1 Å². The molecule has 104 valence electrons. The molecule has 6 nitrogen and oxygen atoms in total. The summed E-state index contributed by atoms with van der Waals surface area (Å²) >= 11 is 2.06. The summed E-state index contributed by atoms with van der Waals surface area (Å²) in [7, 11) is 1.64. The standard InChI is InChI=1S/C12H15IN2O4/c1-18-12(4-5-19-8-12)7-14-10-3-2-9(13)6-11(10)15(16)17/h2-3,6,14H,4-5,7-8H2,1H3. The monoisotopic (exact) mass is 378 g/mol. The van der Waals surface area contributed by atoms with Gasteiger partial charge in [-0.25, -0.2) is 0 Å². The minimum atomic E-state index is -0.392. The number of rotatable bonds is 5. The van der Waals surface area contributed by atoms with Gasteiger partial charge in [0.15, 0.2) is 0 Å². The van der Waals surface area contributed by atoms with Gasteiger partial charge in [-0.05, 0) is 34.7 Å². The van der Waals surface area contributed by atoms with Gasteiger partial charge in [0.2, 0.25) is 0 Å². The fraction of sp³-hybridized carbons (Fsp3) is 0.500. The number of benzene rings is 1. The molecule has 1 aliphatic heterocycles. The Balaban J connectivity index is 2.13. The van der Waals surface area contributed by atoms with Crippen molar-refractivity contribution in [1.82, 2.24) is 0 Å². The van der Waals surface area contributed by atoms with Crippen molar-refractivity contribution in [3.05, 3.63) is 31.9 Å². The first-order chi connectivity index (χ1) is 9.06. The van der Waals surface area contributed by atoms with Gasteiger partial charge in [-0.1, -0.05) is 0 Å². The molecule has 1 aromatic carbocycles. The van der Waals surface area contributed by atoms with E-state index in [-0.39, 0.29) is 10.6 Å². The lowest BCUT2D eigenvalue weighted by Crippen LogP contribution is -2.39. The van der Waals surface area contributed by atoms with Gasteiger partial charge in [-0.15, -0.1) is 0 Å². The van der Waals surface area contributed by atoms with Gasteiger partial charge in [0.25, 0.3) is 5.69 Å². The van der Waals surface area contributed by atoms with Gasteiger partial charge >= 0.3 is 0 Å². The second-order valence-corrected chi connectivity index (χ2v) is 5.71. The molecular weight excluding hydrogens is 363 g/mol. The quantitative estimate of drug-likeness (QED) is 0.484. The van der Waals surface area contributed by atoms with Crippen LogP contribution in [0.2, 0.25) is 0 Å². The summed E-state index contributed by atoms with van der Waals surface area (Å²) in [5.74, 6) is 0. The molecule has 0 aromatic heterocycles. The zero-order chi connectivity index (χ0) is 13.9. The fourth-order valence-electron chi connectivity index (χ4n) is 2.02. The van der Waals surface area contributed by atoms with Gasteiger partial charge in [0.05, 0.1) is 11.5 Å². The summed E-state index contributed by atoms with van der Waals surface area (Å²) in [4.78, 5) is 10.6. The number of hydrogen-bond acceptors (Lipinski definition) is 5. The molecule has 2 rings (SSSR count). The van der Waals surface area contributed by atoms with Gasteiger partial charge in [0.1, 0.15) is 11.3 Å². The Kier molecular flexibility index (Phi) is 4.58. The van der Waals surface area contributed by atoms with E-state index in [0.717, 1.165) is 9.99 Å². The third-order valence-electron chi connectivity index (χ3n) is 3.26. The van der Waals surface area contributed by atoms with Gasteiger partial charge in [-0.3, -0.25) is 10.1 Å². The maximum atomic E-state index is 11.0. The van der Waals surface area contributed by atoms with Crippen molar-refractivity contribution in [2.75, 3.05) is 32.2 Å². The second-order valence-electron chi connectivity index (χ2n) is 4.46. The van der Waals surface area contributed by atoms with Crippen molar-refractivity contribution in [3.63, 3.8) is 0 Å². The molecule has 19 heavy (non-hydrogen) atoms. The van der Waals surface area contributed by atoms with E-state index in [1.54, 1.807) is 19.2 Å². The van der Waals surface area contributed by atoms with Crippen LogP contribution in [0.25, 0.3) is 0 Å². The van der Waals surface area contributed by atoms with Crippen LogP contribution in [0.4, 0.5) is 11.4 Å². The molecule has 1 unspecified atom stereocenters. The maximum Gasteiger partial charge on any atom is 0.293 e. The van der Waals surface area contributed by atoms with Crippen LogP contribution in [0.3, 0.4) is 0 Å². The number of halogens is 1. The highest BCUT2D eigenvalue weighted by molar-refractivity contribution is 14.1. The predicted octanol–water partition coefficient (Wildman–Crippen LogP) is 2.42. The van der Waals surface area contributed by atoms with Gasteiger partial charge < -0.3 is 14.8 Å². The van der Waals surface area contributed by atoms with Crippen LogP contribution < -0.4 is 5.32 Å². The summed E-state index contributed by atoms with van der Waals surface area (Å²) < 4.78 is 11.7. The summed E-state index contributed by atoms with van der Waals surface area (Å²) in [6, 6.07) is 5.10. The van der Waals surface area contributed by atoms with E-state index in [1.807, 2.05) is 6.07 Å². The molecule has 0 radical (unpaired) electrons. The zero-order valence-corrected chi connectivity index (χ0v) is 12.7. The highest BCUT2D eigenvalue weighted by atomic mass is 127. The molecule has 1 atom stereocenters. The fourth-order valence-corrected chi connectivity index (χ4v) is 2.50. The number of hydrogen-bond donors (Lipinski definition) is 1. The van der Waals surface area contributed by atoms with Crippen LogP contribution in [0.5, 0.6) is 0 Å². The van der Waals surface area contributed by atoms with Crippen LogP contribution in [0.1, 0.15) is 6.42 Å². The molecule has 1 saturated heterocycles. The van der Waals surface area contributed by atoms with Crippen molar-refractivity contribution in [2.45, 2.75) is 12.0 Å². The molecule has 1 fully saturated rings. The highest BCUT2D eigenvalue weighted by Gasteiger charge is 2.35. The molecule has 0 spiro atoms. The van der Waals surface area contributed by atoms with Crippen molar-refractivity contribution >= 4 is 34.0 Å². The third kappa shape index (κ3) is 3.34. The third-order valence-corrected chi connectivity index (χ3v) is 3.93. The number of anilines is 1. The van der Waals surface area contributed by atoms with Crippen LogP contribution in [-0.4, -0.2) is 37.4 Å². The van der Waals surface area contributed by atoms with Crippen molar-refractivity contribution < 1.29 is 14.4 Å². The minimum absolute atomic E-state index is 0.0806. The Hall–Kier alpha value is -0.930. The van der Waals surface area contributed by atoms with Crippen LogP contribution in [0.15, 0.2) is 18.2 Å². The normalized spacial score (nSPS) is 22.4. The number of nitrogens with one attached hydrogen (secondary N) is 1. The molecule has 1 aromatic rings. The van der Waals surface area contributed by atoms with Crippen molar-refractivity contribution in [3.8, 4) is 0 Å². The van der Waals surface area contributed by atoms with Gasteiger partial charge in [-0.2, -0.15) is 0 Å². The first-order valence-corrected chi connectivity index (χ1v) is 6.95. The maximum absolute atomic E-state index is 11.0. The smallest absolute Gasteiger partial charge is 0.293 e. The average Bonchev–Trinajstić information content (AvgIpc) is 2.86. The molecule has 0 aliphatic carbocycles. The Labute approximate surface area is 124 Å². The molecule has 1 heterocycles. The van der Waals surface area contributed by atoms with Crippen molar-refractivity contribution in [2.24, 2.45) is 0 Å². The molecule has 0 bridgehead atoms. The zero-order valence-electron chi connectivity index (χ0n) is 10.5. The van der Waals surface area contributed by atoms with E-state index in [0.29, 0.717) is 25.4 Å². The summed E-state index contributed by atoms with van der Waals surface area (Å²) in [6.45, 7) is 1.66. The van der Waals surface area contributed by atoms with Crippen LogP contribution >= 0.6 is 22.6 Å². The summed E-state index contributed by atoms with van der Waals surface area (Å²) in [5, 5.41) is 14.1. The van der Waals surface area contributed by atoms with E-state index in [1.165, 1.54) is 0 Å². The largest absolute Gasteiger partial charge is 0.378 e. The molecule has 7 heteroatoms. The average molecular weight is 378 g/mol. The predicted molar refractivity (Wildman–Crippen MR) is 79.5 cm³/mol. The number of nitro groups is 1. The molecule has 0 amide bonds. The van der Waals surface area contributed by atoms with Gasteiger partial charge in [0, 0.05) is 36.3 Å². The van der Waals surface area contributed by atoms with Crippen LogP contribution in [-0.2, 0) is 9.47 Å². The number of nitrogens with zero attached hydrogens (tertiary/aromatic N) is 1. The SMILES string of the molecule is COC1(CNc2ccc(I)cc2[N+](=O)[O-])CCOC1. The Morgan fingerprint density at radius 1 is 1.63 bits per heavy atom. The molecule has 1 aliphatic rings. The topological polar surface area (TPSA) is 73.6 Å². The summed E-state index contributed by atoms with van der Waals surface area (Å²) in [5.41, 5.74) is 0.197. The lowest BCUT2D eigenvalue weighted by atomic mass is 10.0. The van der Waals surface area contributed by atoms with E-state index in [2.05, 4.69) is 27.9 Å². The first kappa shape index (κ1) is 14.5. The van der Waals surface area contributed by atoms with Crippen LogP contribution in [0, 0.1) is 13.7 Å². The molecular formula is C12H15IN2O4. The number of nitro benzene ring substituents is 1. The minimum Gasteiger partial charge on any atom is -0.378 e. The Morgan fingerprint density at radius 3 is 3.00 bits per heavy atom. The Bertz CT molecular complexity index is 475. The van der Waals surface area contributed by atoms with E-state index >= 15 is 0 Å². The molecule has 1 N–H and O–H groups in total. The Morgan fingerprint density at radius 2 is 2.42 bits per heavy atom. The van der Waals surface area contributed by atoms with E-state index < -0.39 is 5.60 Å². The summed E-state index contributed by atoms with van der Waals surface area (Å²) in [6.07, 6.45) is 0.786. The number of methoxy groups -OCH3 is 1. The molecule has 0 saturated carbocycles.